The molecule has 0 bridgehead atoms. The Labute approximate surface area is 199 Å². The van der Waals surface area contributed by atoms with Crippen LogP contribution in [0.1, 0.15) is 37.2 Å². The molecule has 0 aliphatic carbocycles. The topological polar surface area (TPSA) is 104 Å². The SMILES string of the molecule is COC(=O)C(NC(=O)CCc1c(C)nc2cc(-c3ccc(OC)cc3OC)nn2c1C)C(C)C. The molecule has 182 valence electrons. The van der Waals surface area contributed by atoms with Crippen LogP contribution in [0.3, 0.4) is 0 Å². The summed E-state index contributed by atoms with van der Waals surface area (Å²) in [5.41, 5.74) is 4.94. The molecule has 0 aliphatic heterocycles. The smallest absolute Gasteiger partial charge is 0.328 e. The van der Waals surface area contributed by atoms with Crippen LogP contribution in [0.2, 0.25) is 0 Å². The Balaban J connectivity index is 1.86. The highest BCUT2D eigenvalue weighted by Gasteiger charge is 2.25. The average molecular weight is 469 g/mol. The molecule has 1 aromatic carbocycles. The standard InChI is InChI=1S/C25H32N4O5/c1-14(2)24(25(31)34-7)27-23(30)11-10-18-15(3)26-22-13-20(28-29(22)16(18)4)19-9-8-17(32-5)12-21(19)33-6/h8-9,12-14,24H,10-11H2,1-7H3,(H,27,30). The second kappa shape index (κ2) is 10.5. The minimum Gasteiger partial charge on any atom is -0.497 e. The van der Waals surface area contributed by atoms with Crippen molar-refractivity contribution in [3.05, 3.63) is 41.2 Å². The van der Waals surface area contributed by atoms with Gasteiger partial charge in [-0.2, -0.15) is 5.10 Å². The van der Waals surface area contributed by atoms with E-state index >= 15 is 0 Å². The summed E-state index contributed by atoms with van der Waals surface area (Å²) in [6.45, 7) is 7.61. The molecule has 0 spiro atoms. The highest BCUT2D eigenvalue weighted by atomic mass is 16.5. The number of nitrogens with zero attached hydrogens (tertiary/aromatic N) is 3. The normalized spacial score (nSPS) is 12.0. The number of hydrogen-bond acceptors (Lipinski definition) is 7. The number of nitrogens with one attached hydrogen (secondary N) is 1. The maximum Gasteiger partial charge on any atom is 0.328 e. The summed E-state index contributed by atoms with van der Waals surface area (Å²) in [5, 5.41) is 7.53. The van der Waals surface area contributed by atoms with Crippen molar-refractivity contribution >= 4 is 17.5 Å². The molecule has 9 nitrogen and oxygen atoms in total. The van der Waals surface area contributed by atoms with Gasteiger partial charge in [0.05, 0.1) is 27.0 Å². The summed E-state index contributed by atoms with van der Waals surface area (Å²) in [6, 6.07) is 6.81. The molecule has 34 heavy (non-hydrogen) atoms. The van der Waals surface area contributed by atoms with Gasteiger partial charge in [-0.15, -0.1) is 0 Å². The third-order valence-electron chi connectivity index (χ3n) is 5.89. The van der Waals surface area contributed by atoms with E-state index in [1.54, 1.807) is 18.7 Å². The van der Waals surface area contributed by atoms with Gasteiger partial charge in [0.25, 0.3) is 0 Å². The Morgan fingerprint density at radius 2 is 1.82 bits per heavy atom. The second-order valence-corrected chi connectivity index (χ2v) is 8.44. The van der Waals surface area contributed by atoms with Gasteiger partial charge in [-0.3, -0.25) is 4.79 Å². The number of ether oxygens (including phenoxy) is 3. The van der Waals surface area contributed by atoms with Crippen molar-refractivity contribution in [1.82, 2.24) is 19.9 Å². The molecule has 1 amide bonds. The van der Waals surface area contributed by atoms with Gasteiger partial charge in [-0.05, 0) is 43.9 Å². The van der Waals surface area contributed by atoms with E-state index in [9.17, 15) is 9.59 Å². The number of methoxy groups -OCH3 is 3. The zero-order chi connectivity index (χ0) is 25.0. The Bertz CT molecular complexity index is 1200. The fourth-order valence-electron chi connectivity index (χ4n) is 3.94. The predicted octanol–water partition coefficient (Wildman–Crippen LogP) is 3.28. The summed E-state index contributed by atoms with van der Waals surface area (Å²) in [4.78, 5) is 29.2. The molecule has 2 aromatic heterocycles. The summed E-state index contributed by atoms with van der Waals surface area (Å²) < 4.78 is 17.4. The number of aromatic nitrogens is 3. The third-order valence-corrected chi connectivity index (χ3v) is 5.89. The second-order valence-electron chi connectivity index (χ2n) is 8.44. The average Bonchev–Trinajstić information content (AvgIpc) is 3.25. The molecule has 2 heterocycles. The number of rotatable bonds is 9. The number of aryl methyl sites for hydroxylation is 2. The van der Waals surface area contributed by atoms with Gasteiger partial charge in [-0.1, -0.05) is 13.8 Å². The lowest BCUT2D eigenvalue weighted by Gasteiger charge is -2.20. The van der Waals surface area contributed by atoms with Gasteiger partial charge >= 0.3 is 5.97 Å². The minimum atomic E-state index is -0.673. The van der Waals surface area contributed by atoms with Gasteiger partial charge < -0.3 is 19.5 Å². The van der Waals surface area contributed by atoms with E-state index in [1.807, 2.05) is 52.0 Å². The van der Waals surface area contributed by atoms with E-state index in [0.29, 0.717) is 23.6 Å². The summed E-state index contributed by atoms with van der Waals surface area (Å²) >= 11 is 0. The molecular formula is C25H32N4O5. The molecule has 0 radical (unpaired) electrons. The maximum atomic E-state index is 12.6. The third kappa shape index (κ3) is 5.13. The molecule has 0 aliphatic rings. The highest BCUT2D eigenvalue weighted by molar-refractivity contribution is 5.84. The number of hydrogen-bond donors (Lipinski definition) is 1. The van der Waals surface area contributed by atoms with Crippen LogP contribution in [-0.4, -0.2) is 53.8 Å². The van der Waals surface area contributed by atoms with E-state index in [-0.39, 0.29) is 18.2 Å². The van der Waals surface area contributed by atoms with Gasteiger partial charge in [0.15, 0.2) is 5.65 Å². The van der Waals surface area contributed by atoms with Crippen LogP contribution in [0.4, 0.5) is 0 Å². The van der Waals surface area contributed by atoms with Crippen LogP contribution in [-0.2, 0) is 20.7 Å². The number of amides is 1. The molecule has 1 atom stereocenters. The Kier molecular flexibility index (Phi) is 7.75. The fourth-order valence-corrected chi connectivity index (χ4v) is 3.94. The number of esters is 1. The first-order valence-corrected chi connectivity index (χ1v) is 11.2. The van der Waals surface area contributed by atoms with Gasteiger partial charge in [0.1, 0.15) is 17.5 Å². The van der Waals surface area contributed by atoms with Crippen molar-refractivity contribution in [2.45, 2.75) is 46.6 Å². The molecular weight excluding hydrogens is 436 g/mol. The Morgan fingerprint density at radius 3 is 2.44 bits per heavy atom. The monoisotopic (exact) mass is 468 g/mol. The van der Waals surface area contributed by atoms with E-state index in [1.165, 1.54) is 7.11 Å². The fraction of sp³-hybridized carbons (Fsp3) is 0.440. The molecule has 0 saturated carbocycles. The van der Waals surface area contributed by atoms with Crippen LogP contribution in [0.5, 0.6) is 11.5 Å². The summed E-state index contributed by atoms with van der Waals surface area (Å²) in [7, 11) is 4.53. The summed E-state index contributed by atoms with van der Waals surface area (Å²) in [5.74, 6) is 0.612. The lowest BCUT2D eigenvalue weighted by atomic mass is 10.0. The van der Waals surface area contributed by atoms with Crippen molar-refractivity contribution in [1.29, 1.82) is 0 Å². The first-order valence-electron chi connectivity index (χ1n) is 11.2. The van der Waals surface area contributed by atoms with Crippen molar-refractivity contribution in [2.24, 2.45) is 5.92 Å². The molecule has 0 saturated heterocycles. The van der Waals surface area contributed by atoms with Gasteiger partial charge in [-0.25, -0.2) is 14.3 Å². The first kappa shape index (κ1) is 25.0. The first-order chi connectivity index (χ1) is 16.2. The Hall–Kier alpha value is -3.62. The van der Waals surface area contributed by atoms with Crippen LogP contribution >= 0.6 is 0 Å². The van der Waals surface area contributed by atoms with E-state index in [0.717, 1.165) is 28.2 Å². The molecule has 3 aromatic rings. The van der Waals surface area contributed by atoms with Crippen LogP contribution < -0.4 is 14.8 Å². The van der Waals surface area contributed by atoms with Crippen LogP contribution in [0.15, 0.2) is 24.3 Å². The van der Waals surface area contributed by atoms with Gasteiger partial charge in [0, 0.05) is 35.5 Å². The molecule has 3 rings (SSSR count). The quantitative estimate of drug-likeness (QED) is 0.481. The Morgan fingerprint density at radius 1 is 1.09 bits per heavy atom. The molecule has 1 unspecified atom stereocenters. The maximum absolute atomic E-state index is 12.6. The van der Waals surface area contributed by atoms with Crippen LogP contribution in [0, 0.1) is 19.8 Å². The van der Waals surface area contributed by atoms with Crippen molar-refractivity contribution in [3.63, 3.8) is 0 Å². The highest BCUT2D eigenvalue weighted by Crippen LogP contribution is 2.33. The zero-order valence-corrected chi connectivity index (χ0v) is 20.8. The van der Waals surface area contributed by atoms with Crippen molar-refractivity contribution in [3.8, 4) is 22.8 Å². The molecule has 0 fully saturated rings. The predicted molar refractivity (Wildman–Crippen MR) is 128 cm³/mol. The summed E-state index contributed by atoms with van der Waals surface area (Å²) in [6.07, 6.45) is 0.689. The number of benzene rings is 1. The van der Waals surface area contributed by atoms with Crippen LogP contribution in [0.25, 0.3) is 16.9 Å². The lowest BCUT2D eigenvalue weighted by Crippen LogP contribution is -2.45. The van der Waals surface area contributed by atoms with E-state index in [4.69, 9.17) is 24.3 Å². The lowest BCUT2D eigenvalue weighted by molar-refractivity contribution is -0.146. The van der Waals surface area contributed by atoms with Crippen molar-refractivity contribution < 1.29 is 23.8 Å². The molecule has 1 N–H and O–H groups in total. The largest absolute Gasteiger partial charge is 0.497 e. The number of fused-ring (bicyclic) bond motifs is 1. The van der Waals surface area contributed by atoms with Crippen molar-refractivity contribution in [2.75, 3.05) is 21.3 Å². The van der Waals surface area contributed by atoms with E-state index < -0.39 is 12.0 Å². The van der Waals surface area contributed by atoms with Gasteiger partial charge in [0.2, 0.25) is 5.91 Å². The molecule has 9 heteroatoms. The number of carbonyl (C=O) groups excluding carboxylic acids is 2. The minimum absolute atomic E-state index is 0.0738. The zero-order valence-electron chi connectivity index (χ0n) is 20.8. The number of carbonyl (C=O) groups is 2. The van der Waals surface area contributed by atoms with E-state index in [2.05, 4.69) is 5.32 Å².